The third kappa shape index (κ3) is 5.60. The molecule has 0 saturated heterocycles. The van der Waals surface area contributed by atoms with E-state index in [0.717, 1.165) is 31.1 Å². The zero-order valence-corrected chi connectivity index (χ0v) is 7.22. The molecule has 2 heteroatoms. The third-order valence-electron chi connectivity index (χ3n) is 1.38. The van der Waals surface area contributed by atoms with Crippen molar-refractivity contribution in [2.75, 3.05) is 6.54 Å². The van der Waals surface area contributed by atoms with Gasteiger partial charge in [-0.2, -0.15) is 0 Å². The molecule has 0 aromatic rings. The first kappa shape index (κ1) is 9.47. The Morgan fingerprint density at radius 2 is 2.10 bits per heavy atom. The van der Waals surface area contributed by atoms with Gasteiger partial charge in [-0.15, -0.1) is 0 Å². The van der Waals surface area contributed by atoms with Crippen LogP contribution in [0.4, 0.5) is 0 Å². The summed E-state index contributed by atoms with van der Waals surface area (Å²) < 4.78 is 0. The van der Waals surface area contributed by atoms with Gasteiger partial charge in [0, 0.05) is 13.0 Å². The molecule has 2 nitrogen and oxygen atoms in total. The molecule has 60 valence electrons. The van der Waals surface area contributed by atoms with Gasteiger partial charge in [0.25, 0.3) is 0 Å². The van der Waals surface area contributed by atoms with Crippen LogP contribution in [0.3, 0.4) is 0 Å². The monoisotopic (exact) mass is 142 g/mol. The summed E-state index contributed by atoms with van der Waals surface area (Å²) in [5.41, 5.74) is 5.51. The van der Waals surface area contributed by atoms with Crippen molar-refractivity contribution in [1.29, 1.82) is 0 Å². The first-order chi connectivity index (χ1) is 4.66. The van der Waals surface area contributed by atoms with Crippen molar-refractivity contribution in [3.8, 4) is 0 Å². The van der Waals surface area contributed by atoms with Gasteiger partial charge >= 0.3 is 0 Å². The zero-order chi connectivity index (χ0) is 7.98. The van der Waals surface area contributed by atoms with Gasteiger partial charge in [-0.25, -0.2) is 0 Å². The SMILES string of the molecule is CCC(N)=NCCC(C)C. The molecule has 0 radical (unpaired) electrons. The van der Waals surface area contributed by atoms with E-state index in [-0.39, 0.29) is 0 Å². The van der Waals surface area contributed by atoms with E-state index in [1.165, 1.54) is 0 Å². The molecule has 0 amide bonds. The van der Waals surface area contributed by atoms with Crippen molar-refractivity contribution in [3.05, 3.63) is 0 Å². The fraction of sp³-hybridized carbons (Fsp3) is 0.875. The fourth-order valence-electron chi connectivity index (χ4n) is 0.578. The highest BCUT2D eigenvalue weighted by Crippen LogP contribution is 1.98. The number of amidine groups is 1. The minimum atomic E-state index is 0.730. The molecule has 0 fully saturated rings. The quantitative estimate of drug-likeness (QED) is 0.471. The van der Waals surface area contributed by atoms with Gasteiger partial charge in [0.1, 0.15) is 0 Å². The second-order valence-electron chi connectivity index (χ2n) is 2.91. The summed E-state index contributed by atoms with van der Waals surface area (Å²) in [6.45, 7) is 7.29. The summed E-state index contributed by atoms with van der Waals surface area (Å²) >= 11 is 0. The van der Waals surface area contributed by atoms with E-state index in [4.69, 9.17) is 5.73 Å². The lowest BCUT2D eigenvalue weighted by Gasteiger charge is -2.00. The third-order valence-corrected chi connectivity index (χ3v) is 1.38. The Hall–Kier alpha value is -0.530. The summed E-state index contributed by atoms with van der Waals surface area (Å²) in [4.78, 5) is 4.18. The Bertz CT molecular complexity index is 106. The van der Waals surface area contributed by atoms with Crippen LogP contribution in [0, 0.1) is 5.92 Å². The fourth-order valence-corrected chi connectivity index (χ4v) is 0.578. The van der Waals surface area contributed by atoms with E-state index in [1.807, 2.05) is 6.92 Å². The molecule has 0 atom stereocenters. The molecule has 0 rings (SSSR count). The molecule has 10 heavy (non-hydrogen) atoms. The molecule has 0 aliphatic rings. The van der Waals surface area contributed by atoms with Crippen LogP contribution in [0.5, 0.6) is 0 Å². The van der Waals surface area contributed by atoms with Crippen LogP contribution in [-0.4, -0.2) is 12.4 Å². The Kier molecular flexibility index (Phi) is 4.99. The Balaban J connectivity index is 3.34. The predicted molar refractivity (Wildman–Crippen MR) is 46.2 cm³/mol. The van der Waals surface area contributed by atoms with E-state index >= 15 is 0 Å². The maximum atomic E-state index is 5.51. The van der Waals surface area contributed by atoms with Gasteiger partial charge in [-0.3, -0.25) is 4.99 Å². The van der Waals surface area contributed by atoms with Crippen molar-refractivity contribution >= 4 is 5.84 Å². The number of hydrogen-bond acceptors (Lipinski definition) is 1. The lowest BCUT2D eigenvalue weighted by atomic mass is 10.1. The smallest absolute Gasteiger partial charge is 0.0934 e. The molecule has 0 bridgehead atoms. The normalized spacial score (nSPS) is 12.6. The molecule has 0 spiro atoms. The molecule has 0 aromatic heterocycles. The lowest BCUT2D eigenvalue weighted by Crippen LogP contribution is -2.10. The van der Waals surface area contributed by atoms with Crippen LogP contribution < -0.4 is 5.73 Å². The van der Waals surface area contributed by atoms with Gasteiger partial charge in [-0.05, 0) is 12.3 Å². The maximum Gasteiger partial charge on any atom is 0.0934 e. The maximum absolute atomic E-state index is 5.51. The topological polar surface area (TPSA) is 38.4 Å². The molecule has 0 unspecified atom stereocenters. The number of nitrogens with two attached hydrogens (primary N) is 1. The molecule has 0 heterocycles. The van der Waals surface area contributed by atoms with E-state index < -0.39 is 0 Å². The average Bonchev–Trinajstić information content (AvgIpc) is 1.87. The van der Waals surface area contributed by atoms with Crippen LogP contribution in [0.1, 0.15) is 33.6 Å². The van der Waals surface area contributed by atoms with Crippen molar-refractivity contribution < 1.29 is 0 Å². The van der Waals surface area contributed by atoms with Crippen LogP contribution in [0.2, 0.25) is 0 Å². The standard InChI is InChI=1S/C8H18N2/c1-4-8(9)10-6-5-7(2)3/h7H,4-6H2,1-3H3,(H2,9,10). The molecular formula is C8H18N2. The number of hydrogen-bond donors (Lipinski definition) is 1. The average molecular weight is 142 g/mol. The van der Waals surface area contributed by atoms with Crippen LogP contribution in [0.25, 0.3) is 0 Å². The van der Waals surface area contributed by atoms with Crippen LogP contribution >= 0.6 is 0 Å². The van der Waals surface area contributed by atoms with Crippen molar-refractivity contribution in [1.82, 2.24) is 0 Å². The minimum absolute atomic E-state index is 0.730. The van der Waals surface area contributed by atoms with Gasteiger partial charge < -0.3 is 5.73 Å². The molecule has 0 saturated carbocycles. The van der Waals surface area contributed by atoms with Crippen LogP contribution in [-0.2, 0) is 0 Å². The van der Waals surface area contributed by atoms with Crippen molar-refractivity contribution in [3.63, 3.8) is 0 Å². The first-order valence-electron chi connectivity index (χ1n) is 3.95. The van der Waals surface area contributed by atoms with Crippen LogP contribution in [0.15, 0.2) is 4.99 Å². The van der Waals surface area contributed by atoms with Gasteiger partial charge in [0.05, 0.1) is 5.84 Å². The van der Waals surface area contributed by atoms with E-state index in [9.17, 15) is 0 Å². The number of aliphatic imine (C=N–C) groups is 1. The highest BCUT2D eigenvalue weighted by atomic mass is 14.8. The number of nitrogens with zero attached hydrogens (tertiary/aromatic N) is 1. The summed E-state index contributed by atoms with van der Waals surface area (Å²) in [6.07, 6.45) is 2.01. The van der Waals surface area contributed by atoms with Crippen molar-refractivity contribution in [2.24, 2.45) is 16.6 Å². The number of rotatable bonds is 4. The second-order valence-corrected chi connectivity index (χ2v) is 2.91. The van der Waals surface area contributed by atoms with Crippen molar-refractivity contribution in [2.45, 2.75) is 33.6 Å². The molecule has 2 N–H and O–H groups in total. The largest absolute Gasteiger partial charge is 0.387 e. The van der Waals surface area contributed by atoms with E-state index in [2.05, 4.69) is 18.8 Å². The van der Waals surface area contributed by atoms with Gasteiger partial charge in [0.15, 0.2) is 0 Å². The highest BCUT2D eigenvalue weighted by Gasteiger charge is 1.91. The summed E-state index contributed by atoms with van der Waals surface area (Å²) in [5, 5.41) is 0. The highest BCUT2D eigenvalue weighted by molar-refractivity contribution is 5.79. The molecular weight excluding hydrogens is 124 g/mol. The molecule has 0 aliphatic heterocycles. The lowest BCUT2D eigenvalue weighted by molar-refractivity contribution is 0.596. The van der Waals surface area contributed by atoms with Gasteiger partial charge in [-0.1, -0.05) is 20.8 Å². The van der Waals surface area contributed by atoms with Gasteiger partial charge in [0.2, 0.25) is 0 Å². The summed E-state index contributed by atoms with van der Waals surface area (Å²) in [6, 6.07) is 0. The minimum Gasteiger partial charge on any atom is -0.387 e. The predicted octanol–water partition coefficient (Wildman–Crippen LogP) is 1.80. The van der Waals surface area contributed by atoms with E-state index in [1.54, 1.807) is 0 Å². The summed E-state index contributed by atoms with van der Waals surface area (Å²) in [5.74, 6) is 1.51. The van der Waals surface area contributed by atoms with E-state index in [0.29, 0.717) is 0 Å². The second kappa shape index (κ2) is 5.27. The first-order valence-corrected chi connectivity index (χ1v) is 3.95. The molecule has 0 aliphatic carbocycles. The summed E-state index contributed by atoms with van der Waals surface area (Å²) in [7, 11) is 0. The Morgan fingerprint density at radius 1 is 1.50 bits per heavy atom. The Morgan fingerprint density at radius 3 is 2.50 bits per heavy atom. The zero-order valence-electron chi connectivity index (χ0n) is 7.22. The Labute approximate surface area is 63.5 Å². The molecule has 0 aromatic carbocycles.